The largest absolute Gasteiger partial charge is 0.444 e. The average molecular weight is 385 g/mol. The second-order valence-electron chi connectivity index (χ2n) is 7.90. The monoisotopic (exact) mass is 384 g/mol. The molecule has 0 heterocycles. The van der Waals surface area contributed by atoms with Gasteiger partial charge in [0.2, 0.25) is 5.91 Å². The summed E-state index contributed by atoms with van der Waals surface area (Å²) in [6.07, 6.45) is 7.89. The fraction of sp³-hybridized carbons (Fsp3) is 0.850. The number of amides is 2. The van der Waals surface area contributed by atoms with E-state index in [2.05, 4.69) is 22.5 Å². The summed E-state index contributed by atoms with van der Waals surface area (Å²) in [6.45, 7) is 10.5. The minimum absolute atomic E-state index is 0.101. The quantitative estimate of drug-likeness (QED) is 0.272. The molecule has 27 heavy (non-hydrogen) atoms. The number of unbranched alkanes of at least 4 members (excludes halogenated alkanes) is 5. The lowest BCUT2D eigenvalue weighted by Gasteiger charge is -2.19. The molecule has 7 nitrogen and oxygen atoms in total. The molecule has 0 saturated heterocycles. The van der Waals surface area contributed by atoms with Gasteiger partial charge in [0, 0.05) is 13.1 Å². The first-order valence-electron chi connectivity index (χ1n) is 10.2. The van der Waals surface area contributed by atoms with Gasteiger partial charge < -0.3 is 15.8 Å². The van der Waals surface area contributed by atoms with Crippen molar-refractivity contribution in [1.82, 2.24) is 10.6 Å². The highest BCUT2D eigenvalue weighted by Gasteiger charge is 2.16. The summed E-state index contributed by atoms with van der Waals surface area (Å²) in [5.41, 5.74) is 5.37. The molecule has 0 aromatic carbocycles. The van der Waals surface area contributed by atoms with Crippen LogP contribution >= 0.6 is 0 Å². The van der Waals surface area contributed by atoms with Gasteiger partial charge in [0.25, 0.3) is 0 Å². The van der Waals surface area contributed by atoms with E-state index in [9.17, 15) is 9.59 Å². The lowest BCUT2D eigenvalue weighted by molar-refractivity contribution is -0.122. The Hall–Kier alpha value is -1.63. The maximum absolute atomic E-state index is 11.9. The Bertz CT molecular complexity index is 459. The highest BCUT2D eigenvalue weighted by molar-refractivity contribution is 5.93. The van der Waals surface area contributed by atoms with E-state index in [1.54, 1.807) is 27.7 Å². The fourth-order valence-corrected chi connectivity index (χ4v) is 2.43. The molecular weight excluding hydrogens is 344 g/mol. The summed E-state index contributed by atoms with van der Waals surface area (Å²) in [4.78, 5) is 27.8. The Morgan fingerprint density at radius 2 is 1.70 bits per heavy atom. The first-order valence-corrected chi connectivity index (χ1v) is 10.2. The van der Waals surface area contributed by atoms with E-state index in [1.165, 1.54) is 25.7 Å². The van der Waals surface area contributed by atoms with Gasteiger partial charge in [-0.15, -0.1) is 0 Å². The molecule has 7 heteroatoms. The van der Waals surface area contributed by atoms with E-state index in [0.717, 1.165) is 12.8 Å². The summed E-state index contributed by atoms with van der Waals surface area (Å²) >= 11 is 0. The van der Waals surface area contributed by atoms with Crippen LogP contribution in [0.3, 0.4) is 0 Å². The molecule has 0 aliphatic rings. The molecule has 0 unspecified atom stereocenters. The van der Waals surface area contributed by atoms with Crippen LogP contribution in [0, 0.1) is 0 Å². The highest BCUT2D eigenvalue weighted by Crippen LogP contribution is 2.06. The number of nitrogens with one attached hydrogen (secondary N) is 2. The van der Waals surface area contributed by atoms with Gasteiger partial charge in [0.05, 0.1) is 6.04 Å². The first kappa shape index (κ1) is 25.4. The van der Waals surface area contributed by atoms with Gasteiger partial charge >= 0.3 is 6.09 Å². The third-order valence-electron chi connectivity index (χ3n) is 3.87. The van der Waals surface area contributed by atoms with Crippen LogP contribution in [-0.2, 0) is 9.53 Å². The van der Waals surface area contributed by atoms with E-state index in [4.69, 9.17) is 10.5 Å². The van der Waals surface area contributed by atoms with Crippen molar-refractivity contribution in [2.45, 2.75) is 97.6 Å². The third-order valence-corrected chi connectivity index (χ3v) is 3.87. The summed E-state index contributed by atoms with van der Waals surface area (Å²) < 4.78 is 5.15. The average Bonchev–Trinajstić information content (AvgIpc) is 2.55. The molecule has 1 atom stereocenters. The molecule has 0 aromatic heterocycles. The SMILES string of the molecule is CCCCCCCCNC(=O)[C@@H](N)CCCN=C(C)NC(=O)OC(C)(C)C. The van der Waals surface area contributed by atoms with Crippen molar-refractivity contribution in [3.8, 4) is 0 Å². The van der Waals surface area contributed by atoms with Crippen molar-refractivity contribution in [3.05, 3.63) is 0 Å². The van der Waals surface area contributed by atoms with Gasteiger partial charge in [-0.25, -0.2) is 4.79 Å². The molecule has 158 valence electrons. The van der Waals surface area contributed by atoms with E-state index >= 15 is 0 Å². The van der Waals surface area contributed by atoms with Gasteiger partial charge in [0.1, 0.15) is 11.4 Å². The van der Waals surface area contributed by atoms with Crippen molar-refractivity contribution >= 4 is 17.8 Å². The first-order chi connectivity index (χ1) is 12.7. The van der Waals surface area contributed by atoms with Crippen molar-refractivity contribution in [1.29, 1.82) is 0 Å². The van der Waals surface area contributed by atoms with Gasteiger partial charge in [-0.2, -0.15) is 0 Å². The van der Waals surface area contributed by atoms with Crippen molar-refractivity contribution in [2.75, 3.05) is 13.1 Å². The Balaban J connectivity index is 3.83. The molecule has 0 aromatic rings. The van der Waals surface area contributed by atoms with Crippen LogP contribution in [0.4, 0.5) is 4.79 Å². The minimum Gasteiger partial charge on any atom is -0.444 e. The van der Waals surface area contributed by atoms with Crippen LogP contribution in [0.5, 0.6) is 0 Å². The van der Waals surface area contributed by atoms with Gasteiger partial charge in [-0.3, -0.25) is 15.1 Å². The summed E-state index contributed by atoms with van der Waals surface area (Å²) in [7, 11) is 0. The summed E-state index contributed by atoms with van der Waals surface area (Å²) in [5, 5.41) is 5.48. The number of ether oxygens (including phenoxy) is 1. The van der Waals surface area contributed by atoms with E-state index < -0.39 is 17.7 Å². The molecule has 0 saturated carbocycles. The van der Waals surface area contributed by atoms with Crippen molar-refractivity contribution in [3.63, 3.8) is 0 Å². The second-order valence-corrected chi connectivity index (χ2v) is 7.90. The van der Waals surface area contributed by atoms with Crippen LogP contribution in [0.25, 0.3) is 0 Å². The number of nitrogens with two attached hydrogens (primary N) is 1. The maximum atomic E-state index is 11.9. The molecule has 0 aliphatic carbocycles. The minimum atomic E-state index is -0.542. The van der Waals surface area contributed by atoms with E-state index in [0.29, 0.717) is 31.8 Å². The Morgan fingerprint density at radius 3 is 2.33 bits per heavy atom. The molecule has 0 spiro atoms. The molecule has 0 aliphatic heterocycles. The molecule has 4 N–H and O–H groups in total. The van der Waals surface area contributed by atoms with E-state index in [1.807, 2.05) is 0 Å². The van der Waals surface area contributed by atoms with Gasteiger partial charge in [-0.05, 0) is 47.0 Å². The predicted octanol–water partition coefficient (Wildman–Crippen LogP) is 3.51. The number of amidine groups is 1. The number of alkyl carbamates (subject to hydrolysis) is 1. The van der Waals surface area contributed by atoms with Crippen LogP contribution in [0.1, 0.15) is 86.0 Å². The van der Waals surface area contributed by atoms with Gasteiger partial charge in [0.15, 0.2) is 0 Å². The number of carbonyl (C=O) groups is 2. The predicted molar refractivity (Wildman–Crippen MR) is 111 cm³/mol. The summed E-state index contributed by atoms with van der Waals surface area (Å²) in [5.74, 6) is 0.390. The number of aliphatic imine (C=N–C) groups is 1. The topological polar surface area (TPSA) is 106 Å². The number of carbonyl (C=O) groups excluding carboxylic acids is 2. The Labute approximate surface area is 164 Å². The number of rotatable bonds is 12. The summed E-state index contributed by atoms with van der Waals surface area (Å²) in [6, 6.07) is -0.514. The molecule has 0 bridgehead atoms. The van der Waals surface area contributed by atoms with Gasteiger partial charge in [-0.1, -0.05) is 39.0 Å². The molecule has 2 amide bonds. The fourth-order valence-electron chi connectivity index (χ4n) is 2.43. The van der Waals surface area contributed by atoms with Crippen LogP contribution < -0.4 is 16.4 Å². The Kier molecular flexibility index (Phi) is 13.6. The molecule has 0 fully saturated rings. The lowest BCUT2D eigenvalue weighted by atomic mass is 10.1. The van der Waals surface area contributed by atoms with Crippen LogP contribution in [-0.4, -0.2) is 42.6 Å². The molecular formula is C20H40N4O3. The normalized spacial score (nSPS) is 13.2. The van der Waals surface area contributed by atoms with Crippen molar-refractivity contribution < 1.29 is 14.3 Å². The number of hydrogen-bond donors (Lipinski definition) is 3. The van der Waals surface area contributed by atoms with Crippen LogP contribution in [0.15, 0.2) is 4.99 Å². The smallest absolute Gasteiger partial charge is 0.413 e. The van der Waals surface area contributed by atoms with E-state index in [-0.39, 0.29) is 5.91 Å². The number of nitrogens with zero attached hydrogens (tertiary/aromatic N) is 1. The highest BCUT2D eigenvalue weighted by atomic mass is 16.6. The third kappa shape index (κ3) is 16.3. The second kappa shape index (κ2) is 14.4. The van der Waals surface area contributed by atoms with Crippen LogP contribution in [0.2, 0.25) is 0 Å². The zero-order valence-corrected chi connectivity index (χ0v) is 17.9. The molecule has 0 rings (SSSR count). The Morgan fingerprint density at radius 1 is 1.07 bits per heavy atom. The number of hydrogen-bond acceptors (Lipinski definition) is 5. The van der Waals surface area contributed by atoms with Crippen molar-refractivity contribution in [2.24, 2.45) is 10.7 Å². The zero-order chi connectivity index (χ0) is 20.7. The standard InChI is InChI=1S/C20H40N4O3/c1-6-7-8-9-10-11-14-23-18(25)17(21)13-12-15-22-16(2)24-19(26)27-20(3,4)5/h17H,6-15,21H2,1-5H3,(H,23,25)(H,22,24,26)/t17-/m0/s1. The lowest BCUT2D eigenvalue weighted by Crippen LogP contribution is -2.41. The molecule has 0 radical (unpaired) electrons. The zero-order valence-electron chi connectivity index (χ0n) is 17.9. The maximum Gasteiger partial charge on any atom is 0.413 e.